The standard InChI is InChI=1S/C17H15N3OS/c21-22(14-8-9-14)20-13-5-3-4-12(10-13)17-11-18-15-6-1-2-7-16(15)19-17/h1-7,10-11,14,20H,8-9H2. The Morgan fingerprint density at radius 3 is 2.68 bits per heavy atom. The molecule has 1 aromatic heterocycles. The molecule has 2 aromatic carbocycles. The average molecular weight is 309 g/mol. The molecule has 0 aliphatic heterocycles. The van der Waals surface area contributed by atoms with Crippen molar-refractivity contribution in [1.82, 2.24) is 9.97 Å². The van der Waals surface area contributed by atoms with Crippen molar-refractivity contribution in [2.45, 2.75) is 18.1 Å². The van der Waals surface area contributed by atoms with Crippen molar-refractivity contribution >= 4 is 28.1 Å². The highest BCUT2D eigenvalue weighted by atomic mass is 32.2. The third-order valence-corrected chi connectivity index (χ3v) is 5.17. The first-order valence-corrected chi connectivity index (χ1v) is 8.50. The first-order valence-electron chi connectivity index (χ1n) is 7.29. The molecule has 4 nitrogen and oxygen atoms in total. The second kappa shape index (κ2) is 5.59. The highest BCUT2D eigenvalue weighted by molar-refractivity contribution is 7.93. The third-order valence-electron chi connectivity index (χ3n) is 3.65. The van der Waals surface area contributed by atoms with E-state index >= 15 is 0 Å². The van der Waals surface area contributed by atoms with Gasteiger partial charge in [-0.05, 0) is 24.3 Å². The monoisotopic (exact) mass is 309 g/mol. The summed E-state index contributed by atoms with van der Waals surface area (Å²) in [4.78, 5) is 9.09. The Kier molecular flexibility index (Phi) is 3.44. The van der Waals surface area contributed by atoms with Gasteiger partial charge in [-0.15, -0.1) is 0 Å². The molecule has 1 aliphatic rings. The molecule has 0 bridgehead atoms. The molecule has 0 radical (unpaired) electrons. The molecule has 1 N–H and O–H groups in total. The van der Waals surface area contributed by atoms with Gasteiger partial charge < -0.3 is 4.55 Å². The number of anilines is 1. The maximum atomic E-state index is 12.0. The van der Waals surface area contributed by atoms with E-state index in [1.54, 1.807) is 6.20 Å². The topological polar surface area (TPSA) is 60.9 Å². The van der Waals surface area contributed by atoms with Gasteiger partial charge in [0.25, 0.3) is 0 Å². The van der Waals surface area contributed by atoms with E-state index in [1.807, 2.05) is 48.5 Å². The SMILES string of the molecule is [O-][S+](Nc1cccc(-c2cnc3ccccc3n2)c1)C1CC1. The Bertz CT molecular complexity index is 820. The second-order valence-corrected chi connectivity index (χ2v) is 6.89. The third kappa shape index (κ3) is 2.77. The summed E-state index contributed by atoms with van der Waals surface area (Å²) in [5, 5.41) is 0.309. The number of para-hydroxylation sites is 2. The van der Waals surface area contributed by atoms with Crippen LogP contribution < -0.4 is 4.72 Å². The van der Waals surface area contributed by atoms with Crippen LogP contribution in [0, 0.1) is 0 Å². The minimum atomic E-state index is -0.985. The van der Waals surface area contributed by atoms with Gasteiger partial charge in [0, 0.05) is 18.4 Å². The van der Waals surface area contributed by atoms with Gasteiger partial charge in [-0.3, -0.25) is 4.98 Å². The molecular weight excluding hydrogens is 294 g/mol. The first kappa shape index (κ1) is 13.5. The lowest BCUT2D eigenvalue weighted by Gasteiger charge is -2.12. The van der Waals surface area contributed by atoms with E-state index in [4.69, 9.17) is 0 Å². The number of hydrogen-bond donors (Lipinski definition) is 1. The molecule has 1 atom stereocenters. The van der Waals surface area contributed by atoms with Gasteiger partial charge in [0.1, 0.15) is 5.25 Å². The van der Waals surface area contributed by atoms with E-state index in [0.29, 0.717) is 5.25 Å². The molecule has 22 heavy (non-hydrogen) atoms. The molecule has 0 amide bonds. The van der Waals surface area contributed by atoms with Crippen LogP contribution in [0.1, 0.15) is 12.8 Å². The van der Waals surface area contributed by atoms with Crippen LogP contribution in [0.2, 0.25) is 0 Å². The fourth-order valence-corrected chi connectivity index (χ4v) is 3.41. The van der Waals surface area contributed by atoms with E-state index in [2.05, 4.69) is 14.7 Å². The summed E-state index contributed by atoms with van der Waals surface area (Å²) in [6.07, 6.45) is 3.88. The summed E-state index contributed by atoms with van der Waals surface area (Å²) in [5.74, 6) is 0. The largest absolute Gasteiger partial charge is 0.593 e. The van der Waals surface area contributed by atoms with Gasteiger partial charge in [0.2, 0.25) is 0 Å². The molecule has 1 saturated carbocycles. The molecule has 4 rings (SSSR count). The van der Waals surface area contributed by atoms with Crippen molar-refractivity contribution in [1.29, 1.82) is 0 Å². The Balaban J connectivity index is 1.65. The van der Waals surface area contributed by atoms with Crippen LogP contribution in [-0.2, 0) is 11.4 Å². The zero-order valence-corrected chi connectivity index (χ0v) is 12.7. The number of hydrogen-bond acceptors (Lipinski definition) is 4. The lowest BCUT2D eigenvalue weighted by molar-refractivity contribution is 0.599. The Morgan fingerprint density at radius 2 is 1.86 bits per heavy atom. The summed E-state index contributed by atoms with van der Waals surface area (Å²) in [5.41, 5.74) is 4.41. The molecule has 1 aliphatic carbocycles. The van der Waals surface area contributed by atoms with Crippen LogP contribution in [0.25, 0.3) is 22.3 Å². The molecule has 110 valence electrons. The van der Waals surface area contributed by atoms with Gasteiger partial charge >= 0.3 is 0 Å². The quantitative estimate of drug-likeness (QED) is 0.749. The average Bonchev–Trinajstić information content (AvgIpc) is 3.40. The zero-order chi connectivity index (χ0) is 14.9. The van der Waals surface area contributed by atoms with Crippen molar-refractivity contribution in [3.8, 4) is 11.3 Å². The number of nitrogens with zero attached hydrogens (tertiary/aromatic N) is 2. The number of rotatable bonds is 4. The summed E-state index contributed by atoms with van der Waals surface area (Å²) in [6.45, 7) is 0. The van der Waals surface area contributed by atoms with Gasteiger partial charge in [0.15, 0.2) is 0 Å². The van der Waals surface area contributed by atoms with Gasteiger partial charge in [-0.2, -0.15) is 0 Å². The normalized spacial score (nSPS) is 15.7. The van der Waals surface area contributed by atoms with E-state index < -0.39 is 11.4 Å². The minimum Gasteiger partial charge on any atom is -0.593 e. The summed E-state index contributed by atoms with van der Waals surface area (Å²) < 4.78 is 15.0. The van der Waals surface area contributed by atoms with Gasteiger partial charge in [-0.1, -0.05) is 24.3 Å². The van der Waals surface area contributed by atoms with E-state index in [1.165, 1.54) is 0 Å². The minimum absolute atomic E-state index is 0.309. The van der Waals surface area contributed by atoms with Crippen molar-refractivity contribution in [2.24, 2.45) is 0 Å². The molecule has 1 heterocycles. The maximum absolute atomic E-state index is 12.0. The molecule has 5 heteroatoms. The highest BCUT2D eigenvalue weighted by Crippen LogP contribution is 2.30. The molecule has 1 unspecified atom stereocenters. The molecular formula is C17H15N3OS. The fourth-order valence-electron chi connectivity index (χ4n) is 2.32. The number of benzene rings is 2. The lowest BCUT2D eigenvalue weighted by atomic mass is 10.1. The Hall–Kier alpha value is -2.11. The van der Waals surface area contributed by atoms with E-state index in [9.17, 15) is 4.55 Å². The summed E-state index contributed by atoms with van der Waals surface area (Å²) >= 11 is -0.985. The predicted octanol–water partition coefficient (Wildman–Crippen LogP) is 3.53. The smallest absolute Gasteiger partial charge is 0.141 e. The first-order chi connectivity index (χ1) is 10.8. The summed E-state index contributed by atoms with van der Waals surface area (Å²) in [7, 11) is 0. The zero-order valence-electron chi connectivity index (χ0n) is 11.9. The van der Waals surface area contributed by atoms with Crippen molar-refractivity contribution in [3.63, 3.8) is 0 Å². The molecule has 1 fully saturated rings. The molecule has 0 spiro atoms. The Morgan fingerprint density at radius 1 is 1.05 bits per heavy atom. The predicted molar refractivity (Wildman–Crippen MR) is 89.8 cm³/mol. The second-order valence-electron chi connectivity index (χ2n) is 5.42. The van der Waals surface area contributed by atoms with Gasteiger partial charge in [0.05, 0.1) is 40.0 Å². The van der Waals surface area contributed by atoms with Crippen LogP contribution in [0.4, 0.5) is 5.69 Å². The lowest BCUT2D eigenvalue weighted by Crippen LogP contribution is -2.17. The highest BCUT2D eigenvalue weighted by Gasteiger charge is 2.35. The van der Waals surface area contributed by atoms with Crippen LogP contribution in [0.3, 0.4) is 0 Å². The maximum Gasteiger partial charge on any atom is 0.141 e. The van der Waals surface area contributed by atoms with E-state index in [0.717, 1.165) is 40.8 Å². The van der Waals surface area contributed by atoms with Crippen LogP contribution in [0.15, 0.2) is 54.7 Å². The number of nitrogens with one attached hydrogen (secondary N) is 1. The van der Waals surface area contributed by atoms with Crippen molar-refractivity contribution in [2.75, 3.05) is 4.72 Å². The van der Waals surface area contributed by atoms with Crippen molar-refractivity contribution < 1.29 is 4.55 Å². The van der Waals surface area contributed by atoms with Crippen LogP contribution >= 0.6 is 0 Å². The van der Waals surface area contributed by atoms with E-state index in [-0.39, 0.29) is 0 Å². The van der Waals surface area contributed by atoms with Crippen LogP contribution in [-0.4, -0.2) is 19.8 Å². The number of aromatic nitrogens is 2. The summed E-state index contributed by atoms with van der Waals surface area (Å²) in [6, 6.07) is 15.6. The van der Waals surface area contributed by atoms with Gasteiger partial charge in [-0.25, -0.2) is 9.71 Å². The Labute approximate surface area is 131 Å². The number of fused-ring (bicyclic) bond motifs is 1. The fraction of sp³-hybridized carbons (Fsp3) is 0.176. The molecule has 3 aromatic rings. The van der Waals surface area contributed by atoms with Crippen molar-refractivity contribution in [3.05, 3.63) is 54.7 Å². The van der Waals surface area contributed by atoms with Crippen LogP contribution in [0.5, 0.6) is 0 Å². The molecule has 0 saturated heterocycles.